The van der Waals surface area contributed by atoms with E-state index in [1.54, 1.807) is 11.3 Å². The van der Waals surface area contributed by atoms with Crippen molar-refractivity contribution in [2.24, 2.45) is 0 Å². The fourth-order valence-corrected chi connectivity index (χ4v) is 9.57. The zero-order valence-electron chi connectivity index (χ0n) is 30.3. The third-order valence-corrected chi connectivity index (χ3v) is 12.1. The number of hydrogen-bond acceptors (Lipinski definition) is 6. The summed E-state index contributed by atoms with van der Waals surface area (Å²) in [6, 6.07) is 60.9. The number of furan rings is 2. The molecule has 4 heterocycles. The molecule has 4 aromatic heterocycles. The summed E-state index contributed by atoms with van der Waals surface area (Å²) in [4.78, 5) is 15.1. The van der Waals surface area contributed by atoms with Crippen LogP contribution in [0.15, 0.2) is 185 Å². The van der Waals surface area contributed by atoms with Crippen molar-refractivity contribution in [1.29, 1.82) is 0 Å². The van der Waals surface area contributed by atoms with Gasteiger partial charge in [-0.1, -0.05) is 133 Å². The summed E-state index contributed by atoms with van der Waals surface area (Å²) >= 11 is 1.78. The van der Waals surface area contributed by atoms with Crippen molar-refractivity contribution in [1.82, 2.24) is 15.0 Å². The van der Waals surface area contributed by atoms with Gasteiger partial charge >= 0.3 is 0 Å². The summed E-state index contributed by atoms with van der Waals surface area (Å²) in [5, 5.41) is 6.77. The number of thiophene rings is 1. The summed E-state index contributed by atoms with van der Waals surface area (Å²) < 4.78 is 15.2. The monoisotopic (exact) mass is 747 g/mol. The van der Waals surface area contributed by atoms with Crippen LogP contribution in [-0.2, 0) is 0 Å². The van der Waals surface area contributed by atoms with E-state index < -0.39 is 0 Å². The lowest BCUT2D eigenvalue weighted by Gasteiger charge is -2.10. The van der Waals surface area contributed by atoms with Gasteiger partial charge in [-0.05, 0) is 64.7 Å². The quantitative estimate of drug-likeness (QED) is 0.175. The third-order valence-electron chi connectivity index (χ3n) is 10.9. The van der Waals surface area contributed by atoms with E-state index in [4.69, 9.17) is 23.8 Å². The minimum Gasteiger partial charge on any atom is -0.456 e. The van der Waals surface area contributed by atoms with Crippen molar-refractivity contribution >= 4 is 75.4 Å². The van der Waals surface area contributed by atoms with Crippen molar-refractivity contribution in [3.8, 4) is 56.4 Å². The van der Waals surface area contributed by atoms with Gasteiger partial charge in [0.25, 0.3) is 0 Å². The predicted octanol–water partition coefficient (Wildman–Crippen LogP) is 14.4. The molecule has 0 saturated heterocycles. The summed E-state index contributed by atoms with van der Waals surface area (Å²) in [5.74, 6) is 1.95. The Bertz CT molecular complexity index is 3470. The zero-order valence-corrected chi connectivity index (χ0v) is 31.1. The molecule has 266 valence electrons. The number of fused-ring (bicyclic) bond motifs is 9. The summed E-state index contributed by atoms with van der Waals surface area (Å²) in [7, 11) is 0. The van der Waals surface area contributed by atoms with E-state index in [2.05, 4.69) is 84.9 Å². The van der Waals surface area contributed by atoms with Gasteiger partial charge in [0.15, 0.2) is 17.5 Å². The molecule has 0 unspecified atom stereocenters. The number of aromatic nitrogens is 3. The Morgan fingerprint density at radius 2 is 0.895 bits per heavy atom. The normalized spacial score (nSPS) is 11.9. The van der Waals surface area contributed by atoms with Crippen molar-refractivity contribution in [2.45, 2.75) is 0 Å². The van der Waals surface area contributed by atoms with Gasteiger partial charge in [0, 0.05) is 58.4 Å². The van der Waals surface area contributed by atoms with E-state index in [-0.39, 0.29) is 0 Å². The van der Waals surface area contributed by atoms with Crippen LogP contribution in [-0.4, -0.2) is 15.0 Å². The molecule has 12 aromatic rings. The Kier molecular flexibility index (Phi) is 7.03. The van der Waals surface area contributed by atoms with Gasteiger partial charge in [-0.3, -0.25) is 0 Å². The molecule has 0 bridgehead atoms. The van der Waals surface area contributed by atoms with E-state index in [0.717, 1.165) is 87.5 Å². The molecule has 0 aliphatic rings. The molecule has 6 heteroatoms. The molecular weight excluding hydrogens is 719 g/mol. The van der Waals surface area contributed by atoms with Crippen LogP contribution in [0.5, 0.6) is 0 Å². The van der Waals surface area contributed by atoms with Crippen LogP contribution in [0.4, 0.5) is 0 Å². The first kappa shape index (κ1) is 31.9. The average molecular weight is 748 g/mol. The Labute approximate surface area is 330 Å². The Morgan fingerprint density at radius 1 is 0.333 bits per heavy atom. The zero-order chi connectivity index (χ0) is 37.5. The van der Waals surface area contributed by atoms with E-state index in [1.165, 1.54) is 15.5 Å². The van der Waals surface area contributed by atoms with Crippen LogP contribution in [0.1, 0.15) is 0 Å². The van der Waals surface area contributed by atoms with Crippen molar-refractivity contribution < 1.29 is 8.83 Å². The van der Waals surface area contributed by atoms with Crippen LogP contribution in [0.25, 0.3) is 120 Å². The lowest BCUT2D eigenvalue weighted by atomic mass is 9.92. The third kappa shape index (κ3) is 5.12. The van der Waals surface area contributed by atoms with E-state index in [9.17, 15) is 0 Å². The van der Waals surface area contributed by atoms with Gasteiger partial charge in [0.05, 0.1) is 0 Å². The Hall–Kier alpha value is -7.41. The van der Waals surface area contributed by atoms with Crippen LogP contribution in [0.3, 0.4) is 0 Å². The van der Waals surface area contributed by atoms with Gasteiger partial charge in [-0.15, -0.1) is 11.3 Å². The lowest BCUT2D eigenvalue weighted by molar-refractivity contribution is 0.668. The largest absolute Gasteiger partial charge is 0.456 e. The maximum absolute atomic E-state index is 6.60. The first-order chi connectivity index (χ1) is 28.2. The number of rotatable bonds is 5. The Balaban J connectivity index is 1.07. The molecule has 0 aliphatic heterocycles. The topological polar surface area (TPSA) is 65.0 Å². The molecule has 0 amide bonds. The van der Waals surface area contributed by atoms with Gasteiger partial charge in [-0.2, -0.15) is 0 Å². The van der Waals surface area contributed by atoms with Crippen LogP contribution in [0.2, 0.25) is 0 Å². The predicted molar refractivity (Wildman–Crippen MR) is 234 cm³/mol. The van der Waals surface area contributed by atoms with Crippen LogP contribution in [0, 0.1) is 0 Å². The van der Waals surface area contributed by atoms with E-state index >= 15 is 0 Å². The molecule has 0 radical (unpaired) electrons. The molecule has 12 rings (SSSR count). The number of hydrogen-bond donors (Lipinski definition) is 0. The van der Waals surface area contributed by atoms with E-state index in [0.29, 0.717) is 17.5 Å². The van der Waals surface area contributed by atoms with Crippen LogP contribution < -0.4 is 0 Å². The number of benzene rings is 8. The second-order valence-electron chi connectivity index (χ2n) is 14.3. The molecule has 5 nitrogen and oxygen atoms in total. The second-order valence-corrected chi connectivity index (χ2v) is 15.4. The standard InChI is InChI=1S/C51H29N3O2S/c1-3-13-30(14-4-1)49-52-50(31-15-5-2-6-16-31)54-51(53-49)39-21-11-20-36-35-26-25-32(29-45(35)57-48(36)39)40-27-33(28-44-47(40)38-18-8-10-23-42(38)56-44)34-19-12-24-43-46(34)37-17-7-9-22-41(37)55-43/h1-29H. The van der Waals surface area contributed by atoms with Gasteiger partial charge < -0.3 is 8.83 Å². The molecule has 8 aromatic carbocycles. The highest BCUT2D eigenvalue weighted by Gasteiger charge is 2.20. The van der Waals surface area contributed by atoms with Gasteiger partial charge in [0.2, 0.25) is 0 Å². The van der Waals surface area contributed by atoms with Crippen molar-refractivity contribution in [3.63, 3.8) is 0 Å². The summed E-state index contributed by atoms with van der Waals surface area (Å²) in [6.07, 6.45) is 0. The summed E-state index contributed by atoms with van der Waals surface area (Å²) in [5.41, 5.74) is 10.8. The summed E-state index contributed by atoms with van der Waals surface area (Å²) in [6.45, 7) is 0. The Morgan fingerprint density at radius 3 is 1.61 bits per heavy atom. The highest BCUT2D eigenvalue weighted by Crippen LogP contribution is 2.46. The number of para-hydroxylation sites is 2. The number of nitrogens with zero attached hydrogens (tertiary/aromatic N) is 3. The molecule has 0 N–H and O–H groups in total. The van der Waals surface area contributed by atoms with Crippen molar-refractivity contribution in [3.05, 3.63) is 176 Å². The molecule has 57 heavy (non-hydrogen) atoms. The molecular formula is C51H29N3O2S. The lowest BCUT2D eigenvalue weighted by Crippen LogP contribution is -2.00. The molecule has 0 atom stereocenters. The smallest absolute Gasteiger partial charge is 0.165 e. The first-order valence-electron chi connectivity index (χ1n) is 18.9. The van der Waals surface area contributed by atoms with E-state index in [1.807, 2.05) is 91.0 Å². The molecule has 0 aliphatic carbocycles. The minimum absolute atomic E-state index is 0.648. The second kappa shape index (κ2) is 12.6. The van der Waals surface area contributed by atoms with Crippen LogP contribution >= 0.6 is 11.3 Å². The maximum atomic E-state index is 6.60. The fraction of sp³-hybridized carbons (Fsp3) is 0. The molecule has 0 fully saturated rings. The average Bonchev–Trinajstić information content (AvgIpc) is 3.97. The SMILES string of the molecule is c1ccc(-c2nc(-c3ccccc3)nc(-c3cccc4c3sc3cc(-c5cc(-c6cccc7oc8ccccc8c67)cc6oc7ccccc7c56)ccc34)n2)cc1. The van der Waals surface area contributed by atoms with Gasteiger partial charge in [-0.25, -0.2) is 15.0 Å². The highest BCUT2D eigenvalue weighted by molar-refractivity contribution is 7.26. The first-order valence-corrected chi connectivity index (χ1v) is 19.7. The highest BCUT2D eigenvalue weighted by atomic mass is 32.1. The van der Waals surface area contributed by atoms with Gasteiger partial charge in [0.1, 0.15) is 22.3 Å². The van der Waals surface area contributed by atoms with Crippen molar-refractivity contribution in [2.75, 3.05) is 0 Å². The molecule has 0 spiro atoms. The fourth-order valence-electron chi connectivity index (χ4n) is 8.32. The maximum Gasteiger partial charge on any atom is 0.165 e. The molecule has 0 saturated carbocycles. The minimum atomic E-state index is 0.648.